The summed E-state index contributed by atoms with van der Waals surface area (Å²) in [5.41, 5.74) is 1.02. The van der Waals surface area contributed by atoms with Gasteiger partial charge >= 0.3 is 0 Å². The van der Waals surface area contributed by atoms with Crippen LogP contribution in [0.2, 0.25) is 5.02 Å². The molecule has 0 aliphatic rings. The van der Waals surface area contributed by atoms with Gasteiger partial charge in [0.05, 0.1) is 31.3 Å². The van der Waals surface area contributed by atoms with Crippen LogP contribution in [-0.2, 0) is 16.6 Å². The fourth-order valence-corrected chi connectivity index (χ4v) is 4.43. The minimum Gasteiger partial charge on any atom is -0.497 e. The van der Waals surface area contributed by atoms with Crippen LogP contribution in [0.4, 0.5) is 10.1 Å². The van der Waals surface area contributed by atoms with Crippen molar-refractivity contribution >= 4 is 27.3 Å². The molecule has 0 radical (unpaired) electrons. The second-order valence-corrected chi connectivity index (χ2v) is 8.47. The van der Waals surface area contributed by atoms with Crippen LogP contribution < -0.4 is 13.8 Å². The Morgan fingerprint density at radius 3 is 2.10 bits per heavy atom. The van der Waals surface area contributed by atoms with Gasteiger partial charge in [-0.25, -0.2) is 12.8 Å². The molecule has 0 saturated carbocycles. The molecule has 0 unspecified atom stereocenters. The van der Waals surface area contributed by atoms with Crippen molar-refractivity contribution in [3.8, 4) is 11.5 Å². The summed E-state index contributed by atoms with van der Waals surface area (Å²) in [7, 11) is -0.966. The van der Waals surface area contributed by atoms with E-state index in [4.69, 9.17) is 21.1 Å². The van der Waals surface area contributed by atoms with E-state index in [-0.39, 0.29) is 11.4 Å². The third-order valence-electron chi connectivity index (χ3n) is 4.24. The first-order chi connectivity index (χ1) is 13.8. The Bertz CT molecular complexity index is 1080. The van der Waals surface area contributed by atoms with Crippen LogP contribution in [0.15, 0.2) is 71.6 Å². The monoisotopic (exact) mass is 435 g/mol. The Morgan fingerprint density at radius 2 is 1.55 bits per heavy atom. The molecule has 0 atom stereocenters. The van der Waals surface area contributed by atoms with Gasteiger partial charge in [-0.1, -0.05) is 17.7 Å². The SMILES string of the molecule is COc1cc(CN(c2cccc(Cl)c2)S(=O)(=O)c2ccc(F)cc2)cc(OC)c1. The quantitative estimate of drug-likeness (QED) is 0.530. The molecule has 0 saturated heterocycles. The van der Waals surface area contributed by atoms with Crippen molar-refractivity contribution in [2.75, 3.05) is 18.5 Å². The number of benzene rings is 3. The summed E-state index contributed by atoms with van der Waals surface area (Å²) in [6.07, 6.45) is 0. The maximum atomic E-state index is 13.4. The summed E-state index contributed by atoms with van der Waals surface area (Å²) >= 11 is 6.09. The fourth-order valence-electron chi connectivity index (χ4n) is 2.80. The van der Waals surface area contributed by atoms with Crippen LogP contribution in [0.5, 0.6) is 11.5 Å². The van der Waals surface area contributed by atoms with Crippen molar-refractivity contribution in [3.05, 3.63) is 83.1 Å². The number of nitrogens with zero attached hydrogens (tertiary/aromatic N) is 1. The Kier molecular flexibility index (Phi) is 6.30. The molecule has 0 aliphatic carbocycles. The lowest BCUT2D eigenvalue weighted by Crippen LogP contribution is -2.30. The van der Waals surface area contributed by atoms with E-state index in [9.17, 15) is 12.8 Å². The van der Waals surface area contributed by atoms with Crippen LogP contribution in [0.25, 0.3) is 0 Å². The largest absolute Gasteiger partial charge is 0.497 e. The van der Waals surface area contributed by atoms with Gasteiger partial charge in [0.1, 0.15) is 17.3 Å². The number of ether oxygens (including phenoxy) is 2. The molecule has 0 heterocycles. The average molecular weight is 436 g/mol. The zero-order valence-electron chi connectivity index (χ0n) is 15.8. The van der Waals surface area contributed by atoms with Crippen molar-refractivity contribution in [2.45, 2.75) is 11.4 Å². The van der Waals surface area contributed by atoms with Crippen LogP contribution in [0, 0.1) is 5.82 Å². The molecule has 0 aliphatic heterocycles. The molecule has 0 amide bonds. The van der Waals surface area contributed by atoms with E-state index in [1.807, 2.05) is 0 Å². The van der Waals surface area contributed by atoms with Crippen LogP contribution in [-0.4, -0.2) is 22.6 Å². The van der Waals surface area contributed by atoms with E-state index in [2.05, 4.69) is 0 Å². The fraction of sp³-hybridized carbons (Fsp3) is 0.143. The molecule has 3 aromatic rings. The lowest BCUT2D eigenvalue weighted by atomic mass is 10.2. The summed E-state index contributed by atoms with van der Waals surface area (Å²) in [6.45, 7) is -0.00634. The smallest absolute Gasteiger partial charge is 0.264 e. The van der Waals surface area contributed by atoms with Crippen LogP contribution in [0.3, 0.4) is 0 Å². The molecule has 0 bridgehead atoms. The zero-order chi connectivity index (χ0) is 21.0. The van der Waals surface area contributed by atoms with Gasteiger partial charge in [-0.3, -0.25) is 4.31 Å². The van der Waals surface area contributed by atoms with E-state index in [1.165, 1.54) is 30.7 Å². The number of methoxy groups -OCH3 is 2. The Morgan fingerprint density at radius 1 is 0.931 bits per heavy atom. The molecule has 5 nitrogen and oxygen atoms in total. The molecule has 0 N–H and O–H groups in total. The summed E-state index contributed by atoms with van der Waals surface area (Å²) < 4.78 is 51.8. The third kappa shape index (κ3) is 4.81. The van der Waals surface area contributed by atoms with Crippen molar-refractivity contribution in [1.82, 2.24) is 0 Å². The topological polar surface area (TPSA) is 55.8 Å². The molecule has 0 fully saturated rings. The van der Waals surface area contributed by atoms with Crippen LogP contribution >= 0.6 is 11.6 Å². The maximum absolute atomic E-state index is 13.4. The molecule has 152 valence electrons. The number of halogens is 2. The van der Waals surface area contributed by atoms with E-state index in [0.717, 1.165) is 12.1 Å². The minimum absolute atomic E-state index is 0.00634. The summed E-state index contributed by atoms with van der Waals surface area (Å²) in [6, 6.07) is 16.3. The molecular weight excluding hydrogens is 417 g/mol. The first-order valence-electron chi connectivity index (χ1n) is 8.59. The zero-order valence-corrected chi connectivity index (χ0v) is 17.4. The van der Waals surface area contributed by atoms with Gasteiger partial charge in [-0.05, 0) is 60.2 Å². The number of rotatable bonds is 7. The molecule has 8 heteroatoms. The highest BCUT2D eigenvalue weighted by Crippen LogP contribution is 2.30. The predicted octanol–water partition coefficient (Wildman–Crippen LogP) is 4.89. The maximum Gasteiger partial charge on any atom is 0.264 e. The molecule has 3 aromatic carbocycles. The minimum atomic E-state index is -4.00. The number of sulfonamides is 1. The predicted molar refractivity (Wildman–Crippen MR) is 111 cm³/mol. The van der Waals surface area contributed by atoms with Crippen LogP contribution in [0.1, 0.15) is 5.56 Å². The van der Waals surface area contributed by atoms with Gasteiger partial charge in [0, 0.05) is 11.1 Å². The standard InChI is InChI=1S/C21H19ClFNO4S/c1-27-19-10-15(11-20(13-19)28-2)14-24(18-5-3-4-16(22)12-18)29(25,26)21-8-6-17(23)7-9-21/h3-13H,14H2,1-2H3. The van der Waals surface area contributed by atoms with Gasteiger partial charge < -0.3 is 9.47 Å². The van der Waals surface area contributed by atoms with E-state index in [1.54, 1.807) is 42.5 Å². The summed E-state index contributed by atoms with van der Waals surface area (Å²) in [5, 5.41) is 0.394. The van der Waals surface area contributed by atoms with E-state index >= 15 is 0 Å². The summed E-state index contributed by atoms with van der Waals surface area (Å²) in [4.78, 5) is -0.0336. The molecule has 29 heavy (non-hydrogen) atoms. The molecule has 0 spiro atoms. The number of anilines is 1. The normalized spacial score (nSPS) is 11.2. The lowest BCUT2D eigenvalue weighted by Gasteiger charge is -2.25. The van der Waals surface area contributed by atoms with Gasteiger partial charge in [-0.2, -0.15) is 0 Å². The van der Waals surface area contributed by atoms with Crippen molar-refractivity contribution < 1.29 is 22.3 Å². The molecule has 3 rings (SSSR count). The van der Waals surface area contributed by atoms with Gasteiger partial charge in [0.25, 0.3) is 10.0 Å². The highest BCUT2D eigenvalue weighted by Gasteiger charge is 2.26. The van der Waals surface area contributed by atoms with E-state index in [0.29, 0.717) is 27.8 Å². The molecular formula is C21H19ClFNO4S. The number of hydrogen-bond acceptors (Lipinski definition) is 4. The third-order valence-corrected chi connectivity index (χ3v) is 6.26. The van der Waals surface area contributed by atoms with Crippen molar-refractivity contribution in [1.29, 1.82) is 0 Å². The summed E-state index contributed by atoms with van der Waals surface area (Å²) in [5.74, 6) is 0.546. The Hall–Kier alpha value is -2.77. The van der Waals surface area contributed by atoms with Crippen molar-refractivity contribution in [2.24, 2.45) is 0 Å². The highest BCUT2D eigenvalue weighted by molar-refractivity contribution is 7.92. The van der Waals surface area contributed by atoms with E-state index < -0.39 is 15.8 Å². The second-order valence-electron chi connectivity index (χ2n) is 6.17. The van der Waals surface area contributed by atoms with Gasteiger partial charge in [0.15, 0.2) is 0 Å². The number of hydrogen-bond donors (Lipinski definition) is 0. The second kappa shape index (κ2) is 8.71. The van der Waals surface area contributed by atoms with Gasteiger partial charge in [-0.15, -0.1) is 0 Å². The first-order valence-corrected chi connectivity index (χ1v) is 10.4. The first kappa shape index (κ1) is 21.0. The molecule has 0 aromatic heterocycles. The van der Waals surface area contributed by atoms with Crippen molar-refractivity contribution in [3.63, 3.8) is 0 Å². The highest BCUT2D eigenvalue weighted by atomic mass is 35.5. The Labute approximate surface area is 174 Å². The van der Waals surface area contributed by atoms with Gasteiger partial charge in [0.2, 0.25) is 0 Å². The Balaban J connectivity index is 2.10. The average Bonchev–Trinajstić information content (AvgIpc) is 2.71. The lowest BCUT2D eigenvalue weighted by molar-refractivity contribution is 0.393.